The van der Waals surface area contributed by atoms with E-state index in [-0.39, 0.29) is 11.3 Å². The maximum Gasteiger partial charge on any atom is 0.234 e. The highest BCUT2D eigenvalue weighted by atomic mass is 35.5. The van der Waals surface area contributed by atoms with Crippen LogP contribution in [0.4, 0.5) is 5.88 Å². The van der Waals surface area contributed by atoms with Crippen molar-refractivity contribution in [2.75, 3.05) is 11.4 Å². The van der Waals surface area contributed by atoms with Crippen LogP contribution in [0.3, 0.4) is 0 Å². The van der Waals surface area contributed by atoms with Crippen molar-refractivity contribution >= 4 is 23.4 Å². The number of halogens is 1. The number of alkyl halides is 1. The Morgan fingerprint density at radius 2 is 2.54 bits per heavy atom. The first-order valence-electron chi connectivity index (χ1n) is 4.04. The summed E-state index contributed by atoms with van der Waals surface area (Å²) in [6.45, 7) is 2.32. The average molecular weight is 201 g/mol. The van der Waals surface area contributed by atoms with Gasteiger partial charge in [-0.2, -0.15) is 0 Å². The van der Waals surface area contributed by atoms with Crippen molar-refractivity contribution in [3.8, 4) is 0 Å². The van der Waals surface area contributed by atoms with Crippen molar-refractivity contribution in [2.24, 2.45) is 0 Å². The molecule has 0 saturated carbocycles. The van der Waals surface area contributed by atoms with E-state index >= 15 is 0 Å². The molecule has 1 amide bonds. The Hall–Kier alpha value is -1.03. The molecule has 4 nitrogen and oxygen atoms in total. The molecule has 0 aliphatic carbocycles. The number of aromatic nitrogens is 1. The summed E-state index contributed by atoms with van der Waals surface area (Å²) in [6.07, 6.45) is 0.376. The highest BCUT2D eigenvalue weighted by molar-refractivity contribution is 6.24. The summed E-state index contributed by atoms with van der Waals surface area (Å²) >= 11 is 5.83. The zero-order valence-electron chi connectivity index (χ0n) is 7.16. The molecular weight excluding hydrogens is 192 g/mol. The number of hydrogen-bond donors (Lipinski definition) is 0. The van der Waals surface area contributed by atoms with Crippen LogP contribution in [0.15, 0.2) is 10.6 Å². The van der Waals surface area contributed by atoms with Gasteiger partial charge in [-0.05, 0) is 6.92 Å². The van der Waals surface area contributed by atoms with Gasteiger partial charge in [0.15, 0.2) is 0 Å². The zero-order valence-corrected chi connectivity index (χ0v) is 7.91. The van der Waals surface area contributed by atoms with Crippen LogP contribution in [-0.4, -0.2) is 23.0 Å². The topological polar surface area (TPSA) is 46.3 Å². The Balaban J connectivity index is 2.22. The second-order valence-corrected chi connectivity index (χ2v) is 3.73. The van der Waals surface area contributed by atoms with E-state index in [0.29, 0.717) is 18.8 Å². The number of rotatable bonds is 1. The summed E-state index contributed by atoms with van der Waals surface area (Å²) in [4.78, 5) is 12.9. The normalized spacial score (nSPS) is 22.8. The molecule has 1 aliphatic rings. The fourth-order valence-corrected chi connectivity index (χ4v) is 1.62. The van der Waals surface area contributed by atoms with Crippen LogP contribution in [0.2, 0.25) is 0 Å². The fraction of sp³-hybridized carbons (Fsp3) is 0.500. The summed E-state index contributed by atoms with van der Waals surface area (Å²) < 4.78 is 4.96. The summed E-state index contributed by atoms with van der Waals surface area (Å²) in [7, 11) is 0. The predicted octanol–water partition coefficient (Wildman–Crippen LogP) is 1.33. The van der Waals surface area contributed by atoms with E-state index < -0.39 is 0 Å². The average Bonchev–Trinajstić information content (AvgIpc) is 2.58. The van der Waals surface area contributed by atoms with E-state index in [1.165, 1.54) is 4.90 Å². The minimum absolute atomic E-state index is 0.00356. The number of hydrogen-bond acceptors (Lipinski definition) is 3. The summed E-state index contributed by atoms with van der Waals surface area (Å²) in [6, 6.07) is 1.73. The number of amides is 1. The SMILES string of the molecule is Cc1cc(N2CC(Cl)CC2=O)on1. The highest BCUT2D eigenvalue weighted by Crippen LogP contribution is 2.24. The maximum atomic E-state index is 11.3. The minimum Gasteiger partial charge on any atom is -0.338 e. The van der Waals surface area contributed by atoms with Gasteiger partial charge in [-0.25, -0.2) is 0 Å². The molecule has 13 heavy (non-hydrogen) atoms. The van der Waals surface area contributed by atoms with Crippen molar-refractivity contribution in [2.45, 2.75) is 18.7 Å². The van der Waals surface area contributed by atoms with E-state index in [1.807, 2.05) is 6.92 Å². The van der Waals surface area contributed by atoms with Crippen LogP contribution >= 0.6 is 11.6 Å². The molecule has 0 N–H and O–H groups in total. The van der Waals surface area contributed by atoms with Crippen LogP contribution in [0.1, 0.15) is 12.1 Å². The Bertz CT molecular complexity index is 337. The van der Waals surface area contributed by atoms with E-state index in [2.05, 4.69) is 5.16 Å². The largest absolute Gasteiger partial charge is 0.338 e. The minimum atomic E-state index is -0.113. The quantitative estimate of drug-likeness (QED) is 0.643. The number of aryl methyl sites for hydroxylation is 1. The second kappa shape index (κ2) is 3.03. The van der Waals surface area contributed by atoms with Gasteiger partial charge in [0.25, 0.3) is 0 Å². The lowest BCUT2D eigenvalue weighted by molar-refractivity contribution is -0.117. The first kappa shape index (κ1) is 8.56. The third kappa shape index (κ3) is 1.54. The molecule has 1 aromatic heterocycles. The van der Waals surface area contributed by atoms with Gasteiger partial charge < -0.3 is 4.52 Å². The van der Waals surface area contributed by atoms with Crippen LogP contribution in [-0.2, 0) is 4.79 Å². The first-order valence-corrected chi connectivity index (χ1v) is 4.48. The lowest BCUT2D eigenvalue weighted by Crippen LogP contribution is -2.23. The summed E-state index contributed by atoms with van der Waals surface area (Å²) in [5, 5.41) is 3.60. The third-order valence-electron chi connectivity index (χ3n) is 1.96. The molecule has 70 valence electrons. The lowest BCUT2D eigenvalue weighted by Gasteiger charge is -2.09. The van der Waals surface area contributed by atoms with Gasteiger partial charge in [-0.3, -0.25) is 9.69 Å². The van der Waals surface area contributed by atoms with Gasteiger partial charge in [0, 0.05) is 19.0 Å². The number of anilines is 1. The van der Waals surface area contributed by atoms with Crippen molar-refractivity contribution in [3.05, 3.63) is 11.8 Å². The smallest absolute Gasteiger partial charge is 0.234 e. The molecule has 0 radical (unpaired) electrons. The Kier molecular flexibility index (Phi) is 2.00. The van der Waals surface area contributed by atoms with E-state index in [0.717, 1.165) is 5.69 Å². The molecule has 5 heteroatoms. The zero-order chi connectivity index (χ0) is 9.42. The Morgan fingerprint density at radius 3 is 3.00 bits per heavy atom. The maximum absolute atomic E-state index is 11.3. The van der Waals surface area contributed by atoms with Crippen LogP contribution in [0.5, 0.6) is 0 Å². The second-order valence-electron chi connectivity index (χ2n) is 3.11. The van der Waals surface area contributed by atoms with Gasteiger partial charge in [0.1, 0.15) is 0 Å². The highest BCUT2D eigenvalue weighted by Gasteiger charge is 2.31. The van der Waals surface area contributed by atoms with Crippen molar-refractivity contribution in [3.63, 3.8) is 0 Å². The molecule has 1 aromatic rings. The molecule has 2 heterocycles. The Morgan fingerprint density at radius 1 is 1.77 bits per heavy atom. The first-order chi connectivity index (χ1) is 6.16. The van der Waals surface area contributed by atoms with Gasteiger partial charge >= 0.3 is 0 Å². The van der Waals surface area contributed by atoms with Gasteiger partial charge in [0.05, 0.1) is 11.1 Å². The molecule has 1 saturated heterocycles. The van der Waals surface area contributed by atoms with Gasteiger partial charge in [-0.1, -0.05) is 5.16 Å². The van der Waals surface area contributed by atoms with E-state index in [1.54, 1.807) is 6.07 Å². The van der Waals surface area contributed by atoms with Crippen molar-refractivity contribution in [1.29, 1.82) is 0 Å². The molecule has 0 spiro atoms. The number of carbonyl (C=O) groups is 1. The number of nitrogens with zero attached hydrogens (tertiary/aromatic N) is 2. The lowest BCUT2D eigenvalue weighted by atomic mass is 10.4. The molecule has 0 aromatic carbocycles. The molecule has 2 rings (SSSR count). The number of carbonyl (C=O) groups excluding carboxylic acids is 1. The summed E-state index contributed by atoms with van der Waals surface area (Å²) in [5.41, 5.74) is 0.765. The molecule has 1 aliphatic heterocycles. The predicted molar refractivity (Wildman–Crippen MR) is 47.9 cm³/mol. The molecular formula is C8H9ClN2O2. The standard InChI is InChI=1S/C8H9ClN2O2/c1-5-2-8(13-10-5)11-4-6(9)3-7(11)12/h2,6H,3-4H2,1H3. The van der Waals surface area contributed by atoms with Crippen LogP contribution in [0.25, 0.3) is 0 Å². The van der Waals surface area contributed by atoms with Gasteiger partial charge in [0.2, 0.25) is 11.8 Å². The van der Waals surface area contributed by atoms with Crippen molar-refractivity contribution in [1.82, 2.24) is 5.16 Å². The van der Waals surface area contributed by atoms with Crippen LogP contribution < -0.4 is 4.90 Å². The van der Waals surface area contributed by atoms with Crippen LogP contribution in [0, 0.1) is 6.92 Å². The van der Waals surface area contributed by atoms with Gasteiger partial charge in [-0.15, -0.1) is 11.6 Å². The monoisotopic (exact) mass is 200 g/mol. The third-order valence-corrected chi connectivity index (χ3v) is 2.25. The molecule has 1 atom stereocenters. The van der Waals surface area contributed by atoms with E-state index in [4.69, 9.17) is 16.1 Å². The Labute approximate surface area is 80.4 Å². The van der Waals surface area contributed by atoms with E-state index in [9.17, 15) is 4.79 Å². The molecule has 0 bridgehead atoms. The molecule has 1 fully saturated rings. The summed E-state index contributed by atoms with van der Waals surface area (Å²) in [5.74, 6) is 0.488. The van der Waals surface area contributed by atoms with Crippen molar-refractivity contribution < 1.29 is 9.32 Å². The molecule has 1 unspecified atom stereocenters. The fourth-order valence-electron chi connectivity index (χ4n) is 1.35.